The monoisotopic (exact) mass is 340 g/mol. The summed E-state index contributed by atoms with van der Waals surface area (Å²) in [7, 11) is 0. The summed E-state index contributed by atoms with van der Waals surface area (Å²) in [5.41, 5.74) is 9.17. The highest BCUT2D eigenvalue weighted by atomic mass is 15.1. The van der Waals surface area contributed by atoms with Gasteiger partial charge in [0.2, 0.25) is 0 Å². The largest absolute Gasteiger partial charge is 0.369 e. The van der Waals surface area contributed by atoms with Gasteiger partial charge in [0.1, 0.15) is 12.1 Å². The van der Waals surface area contributed by atoms with E-state index in [2.05, 4.69) is 31.4 Å². The Bertz CT molecular complexity index is 661. The van der Waals surface area contributed by atoms with Gasteiger partial charge in [0, 0.05) is 23.4 Å². The maximum Gasteiger partial charge on any atom is 0.137 e. The molecular formula is C19H28N6. The Balaban J connectivity index is 1.48. The molecule has 0 aliphatic rings. The molecule has 0 radical (unpaired) electrons. The van der Waals surface area contributed by atoms with Gasteiger partial charge in [0.15, 0.2) is 0 Å². The summed E-state index contributed by atoms with van der Waals surface area (Å²) in [6, 6.07) is 8.09. The van der Waals surface area contributed by atoms with Gasteiger partial charge in [-0.2, -0.15) is 0 Å². The maximum absolute atomic E-state index is 8.19. The van der Waals surface area contributed by atoms with Crippen molar-refractivity contribution in [1.29, 1.82) is 0 Å². The number of nitrogens with zero attached hydrogens (tertiary/aromatic N) is 5. The molecule has 2 aromatic rings. The second kappa shape index (κ2) is 12.1. The second-order valence-electron chi connectivity index (χ2n) is 6.30. The molecule has 0 aliphatic heterocycles. The topological polar surface area (TPSA) is 86.6 Å². The molecular weight excluding hydrogens is 312 g/mol. The smallest absolute Gasteiger partial charge is 0.137 e. The molecule has 134 valence electrons. The van der Waals surface area contributed by atoms with Crippen molar-refractivity contribution >= 4 is 16.7 Å². The number of unbranched alkanes of at least 4 members (excludes halogenated alkanes) is 8. The Morgan fingerprint density at radius 2 is 1.56 bits per heavy atom. The third-order valence-electron chi connectivity index (χ3n) is 4.33. The van der Waals surface area contributed by atoms with Crippen LogP contribution in [0.1, 0.15) is 57.8 Å². The van der Waals surface area contributed by atoms with Gasteiger partial charge in [0.25, 0.3) is 0 Å². The molecule has 1 aromatic carbocycles. The van der Waals surface area contributed by atoms with Crippen molar-refractivity contribution in [2.75, 3.05) is 18.4 Å². The van der Waals surface area contributed by atoms with Crippen molar-refractivity contribution in [2.45, 2.75) is 57.8 Å². The molecule has 0 bridgehead atoms. The third kappa shape index (κ3) is 7.40. The first-order valence-corrected chi connectivity index (χ1v) is 9.36. The Kier molecular flexibility index (Phi) is 9.19. The number of aromatic nitrogens is 2. The van der Waals surface area contributed by atoms with Crippen molar-refractivity contribution in [3.05, 3.63) is 41.0 Å². The zero-order valence-corrected chi connectivity index (χ0v) is 14.9. The number of benzene rings is 1. The molecule has 6 heteroatoms. The highest BCUT2D eigenvalue weighted by molar-refractivity contribution is 5.88. The van der Waals surface area contributed by atoms with Gasteiger partial charge < -0.3 is 5.32 Å². The summed E-state index contributed by atoms with van der Waals surface area (Å²) in [6.45, 7) is 1.60. The van der Waals surface area contributed by atoms with Crippen LogP contribution < -0.4 is 5.32 Å². The standard InChI is InChI=1S/C19H28N6/c20-25-24-15-11-7-5-3-1-2-4-6-10-14-21-19-17-12-8-9-13-18(17)22-16-23-19/h8-9,12-13,16H,1-7,10-11,14-15H2,(H,21,22,23). The molecule has 0 atom stereocenters. The predicted octanol–water partition coefficient (Wildman–Crippen LogP) is 5.86. The van der Waals surface area contributed by atoms with Crippen LogP contribution in [0, 0.1) is 0 Å². The van der Waals surface area contributed by atoms with E-state index in [4.69, 9.17) is 5.53 Å². The fourth-order valence-electron chi connectivity index (χ4n) is 2.94. The Hall–Kier alpha value is -2.33. The van der Waals surface area contributed by atoms with E-state index in [1.165, 1.54) is 51.4 Å². The molecule has 0 unspecified atom stereocenters. The quantitative estimate of drug-likeness (QED) is 0.214. The molecule has 0 saturated heterocycles. The molecule has 0 amide bonds. The van der Waals surface area contributed by atoms with Crippen LogP contribution in [0.5, 0.6) is 0 Å². The zero-order valence-electron chi connectivity index (χ0n) is 14.9. The zero-order chi connectivity index (χ0) is 17.6. The van der Waals surface area contributed by atoms with Crippen LogP contribution in [0.25, 0.3) is 21.3 Å². The van der Waals surface area contributed by atoms with E-state index < -0.39 is 0 Å². The first-order valence-electron chi connectivity index (χ1n) is 9.36. The summed E-state index contributed by atoms with van der Waals surface area (Å²) in [5.74, 6) is 0.936. The molecule has 2 rings (SSSR count). The lowest BCUT2D eigenvalue weighted by Crippen LogP contribution is -2.04. The summed E-state index contributed by atoms with van der Waals surface area (Å²) < 4.78 is 0. The van der Waals surface area contributed by atoms with Crippen LogP contribution in [0.4, 0.5) is 5.82 Å². The maximum atomic E-state index is 8.19. The van der Waals surface area contributed by atoms with Gasteiger partial charge in [-0.1, -0.05) is 62.2 Å². The van der Waals surface area contributed by atoms with Gasteiger partial charge in [-0.3, -0.25) is 0 Å². The Morgan fingerprint density at radius 1 is 0.880 bits per heavy atom. The molecule has 0 saturated carbocycles. The number of hydrogen-bond acceptors (Lipinski definition) is 4. The van der Waals surface area contributed by atoms with Gasteiger partial charge in [0.05, 0.1) is 5.52 Å². The van der Waals surface area contributed by atoms with E-state index in [0.29, 0.717) is 6.54 Å². The SMILES string of the molecule is [N-]=[N+]=NCCCCCCCCCCCNc1ncnc2ccccc12. The number of hydrogen-bond donors (Lipinski definition) is 1. The molecule has 0 spiro atoms. The van der Waals surface area contributed by atoms with Crippen LogP contribution in [0.2, 0.25) is 0 Å². The first kappa shape index (κ1) is 19.0. The van der Waals surface area contributed by atoms with Crippen molar-refractivity contribution in [2.24, 2.45) is 5.11 Å². The van der Waals surface area contributed by atoms with E-state index in [9.17, 15) is 0 Å². The minimum absolute atomic E-state index is 0.644. The highest BCUT2D eigenvalue weighted by Gasteiger charge is 2.01. The molecule has 1 N–H and O–H groups in total. The van der Waals surface area contributed by atoms with Gasteiger partial charge in [-0.05, 0) is 30.5 Å². The minimum Gasteiger partial charge on any atom is -0.369 e. The Labute approximate surface area is 149 Å². The molecule has 1 aromatic heterocycles. The van der Waals surface area contributed by atoms with Crippen molar-refractivity contribution in [3.8, 4) is 0 Å². The third-order valence-corrected chi connectivity index (χ3v) is 4.33. The van der Waals surface area contributed by atoms with Crippen LogP contribution in [0.3, 0.4) is 0 Å². The fourth-order valence-corrected chi connectivity index (χ4v) is 2.94. The summed E-state index contributed by atoms with van der Waals surface area (Å²) in [4.78, 5) is 11.4. The van der Waals surface area contributed by atoms with Gasteiger partial charge >= 0.3 is 0 Å². The van der Waals surface area contributed by atoms with Gasteiger partial charge in [-0.15, -0.1) is 0 Å². The van der Waals surface area contributed by atoms with E-state index in [0.717, 1.165) is 29.7 Å². The minimum atomic E-state index is 0.644. The molecule has 1 heterocycles. The fraction of sp³-hybridized carbons (Fsp3) is 0.579. The molecule has 25 heavy (non-hydrogen) atoms. The lowest BCUT2D eigenvalue weighted by Gasteiger charge is -2.08. The average molecular weight is 340 g/mol. The number of fused-ring (bicyclic) bond motifs is 1. The predicted molar refractivity (Wildman–Crippen MR) is 104 cm³/mol. The van der Waals surface area contributed by atoms with Crippen molar-refractivity contribution in [1.82, 2.24) is 9.97 Å². The van der Waals surface area contributed by atoms with Crippen LogP contribution in [-0.2, 0) is 0 Å². The number of anilines is 1. The highest BCUT2D eigenvalue weighted by Crippen LogP contribution is 2.18. The summed E-state index contributed by atoms with van der Waals surface area (Å²) in [6.07, 6.45) is 12.7. The van der Waals surface area contributed by atoms with E-state index in [1.807, 2.05) is 18.2 Å². The van der Waals surface area contributed by atoms with Crippen molar-refractivity contribution < 1.29 is 0 Å². The number of para-hydroxylation sites is 1. The van der Waals surface area contributed by atoms with Crippen molar-refractivity contribution in [3.63, 3.8) is 0 Å². The number of azide groups is 1. The van der Waals surface area contributed by atoms with Crippen LogP contribution in [-0.4, -0.2) is 23.1 Å². The van der Waals surface area contributed by atoms with E-state index >= 15 is 0 Å². The average Bonchev–Trinajstić information content (AvgIpc) is 2.65. The molecule has 0 fully saturated rings. The van der Waals surface area contributed by atoms with E-state index in [-0.39, 0.29) is 0 Å². The van der Waals surface area contributed by atoms with Crippen LogP contribution in [0.15, 0.2) is 35.7 Å². The van der Waals surface area contributed by atoms with Gasteiger partial charge in [-0.25, -0.2) is 9.97 Å². The first-order chi connectivity index (χ1) is 12.4. The lowest BCUT2D eigenvalue weighted by molar-refractivity contribution is 0.564. The summed E-state index contributed by atoms with van der Waals surface area (Å²) >= 11 is 0. The Morgan fingerprint density at radius 3 is 2.32 bits per heavy atom. The number of nitrogens with one attached hydrogen (secondary N) is 1. The normalized spacial score (nSPS) is 10.6. The second-order valence-corrected chi connectivity index (χ2v) is 6.30. The van der Waals surface area contributed by atoms with Crippen LogP contribution >= 0.6 is 0 Å². The van der Waals surface area contributed by atoms with E-state index in [1.54, 1.807) is 6.33 Å². The summed E-state index contributed by atoms with van der Waals surface area (Å²) in [5, 5.41) is 8.08. The molecule has 0 aliphatic carbocycles. The molecule has 6 nitrogen and oxygen atoms in total. The lowest BCUT2D eigenvalue weighted by atomic mass is 10.1. The number of rotatable bonds is 13.